The van der Waals surface area contributed by atoms with Crippen molar-refractivity contribution in [2.75, 3.05) is 13.7 Å². The minimum Gasteiger partial charge on any atom is -0.495 e. The van der Waals surface area contributed by atoms with Crippen LogP contribution in [0.3, 0.4) is 0 Å². The maximum atomic E-state index is 11.9. The van der Waals surface area contributed by atoms with E-state index < -0.39 is 0 Å². The van der Waals surface area contributed by atoms with E-state index in [-0.39, 0.29) is 12.4 Å². The van der Waals surface area contributed by atoms with Crippen LogP contribution in [0.1, 0.15) is 12.5 Å². The van der Waals surface area contributed by atoms with E-state index in [1.807, 2.05) is 61.7 Å². The van der Waals surface area contributed by atoms with Gasteiger partial charge in [-0.25, -0.2) is 0 Å². The predicted octanol–water partition coefficient (Wildman–Crippen LogP) is 3.74. The maximum Gasteiger partial charge on any atom is 0.310 e. The molecular formula is C19H19NO3. The summed E-state index contributed by atoms with van der Waals surface area (Å²) in [5.41, 5.74) is 2.93. The highest BCUT2D eigenvalue weighted by Crippen LogP contribution is 2.30. The van der Waals surface area contributed by atoms with Crippen molar-refractivity contribution in [2.45, 2.75) is 13.3 Å². The number of rotatable bonds is 5. The van der Waals surface area contributed by atoms with Crippen LogP contribution in [0.4, 0.5) is 0 Å². The third kappa shape index (κ3) is 2.93. The van der Waals surface area contributed by atoms with E-state index in [9.17, 15) is 4.79 Å². The Hall–Kier alpha value is -2.75. The fourth-order valence-electron chi connectivity index (χ4n) is 2.79. The van der Waals surface area contributed by atoms with Gasteiger partial charge in [0.05, 0.1) is 31.3 Å². The number of carbonyl (C=O) groups excluding carboxylic acids is 1. The molecule has 2 aromatic carbocycles. The van der Waals surface area contributed by atoms with E-state index in [2.05, 4.69) is 4.57 Å². The molecule has 0 radical (unpaired) electrons. The third-order valence-corrected chi connectivity index (χ3v) is 3.78. The number of para-hydroxylation sites is 3. The Morgan fingerprint density at radius 1 is 1.09 bits per heavy atom. The first-order valence-electron chi connectivity index (χ1n) is 7.62. The minimum absolute atomic E-state index is 0.213. The Kier molecular flexibility index (Phi) is 4.33. The molecule has 1 heterocycles. The predicted molar refractivity (Wildman–Crippen MR) is 90.2 cm³/mol. The second-order valence-electron chi connectivity index (χ2n) is 5.20. The maximum absolute atomic E-state index is 11.9. The molecule has 4 nitrogen and oxygen atoms in total. The number of aromatic nitrogens is 1. The number of hydrogen-bond acceptors (Lipinski definition) is 3. The highest BCUT2D eigenvalue weighted by atomic mass is 16.5. The lowest BCUT2D eigenvalue weighted by molar-refractivity contribution is -0.142. The summed E-state index contributed by atoms with van der Waals surface area (Å²) in [4.78, 5) is 11.9. The van der Waals surface area contributed by atoms with Crippen LogP contribution in [0.25, 0.3) is 16.6 Å². The Balaban J connectivity index is 2.13. The second kappa shape index (κ2) is 6.57. The Morgan fingerprint density at radius 2 is 1.83 bits per heavy atom. The smallest absolute Gasteiger partial charge is 0.310 e. The summed E-state index contributed by atoms with van der Waals surface area (Å²) in [6.45, 7) is 2.21. The zero-order valence-electron chi connectivity index (χ0n) is 13.3. The van der Waals surface area contributed by atoms with Crippen molar-refractivity contribution in [1.29, 1.82) is 0 Å². The normalized spacial score (nSPS) is 10.7. The largest absolute Gasteiger partial charge is 0.495 e. The first-order chi connectivity index (χ1) is 11.2. The Labute approximate surface area is 135 Å². The van der Waals surface area contributed by atoms with E-state index in [4.69, 9.17) is 9.47 Å². The van der Waals surface area contributed by atoms with E-state index in [0.29, 0.717) is 6.61 Å². The van der Waals surface area contributed by atoms with Gasteiger partial charge >= 0.3 is 5.97 Å². The third-order valence-electron chi connectivity index (χ3n) is 3.78. The second-order valence-corrected chi connectivity index (χ2v) is 5.20. The van der Waals surface area contributed by atoms with Gasteiger partial charge in [-0.3, -0.25) is 4.79 Å². The summed E-state index contributed by atoms with van der Waals surface area (Å²) in [5.74, 6) is 0.575. The zero-order valence-corrected chi connectivity index (χ0v) is 13.3. The van der Waals surface area contributed by atoms with Crippen molar-refractivity contribution in [1.82, 2.24) is 4.57 Å². The van der Waals surface area contributed by atoms with Gasteiger partial charge in [-0.05, 0) is 30.7 Å². The SMILES string of the molecule is CCOC(=O)Cc1cn(-c2ccccc2OC)c2ccccc12. The van der Waals surface area contributed by atoms with Crippen molar-refractivity contribution in [3.05, 3.63) is 60.3 Å². The number of hydrogen-bond donors (Lipinski definition) is 0. The molecule has 0 spiro atoms. The van der Waals surface area contributed by atoms with Crippen LogP contribution < -0.4 is 4.74 Å². The fourth-order valence-corrected chi connectivity index (χ4v) is 2.79. The van der Waals surface area contributed by atoms with Gasteiger partial charge in [-0.15, -0.1) is 0 Å². The van der Waals surface area contributed by atoms with Crippen LogP contribution in [0.5, 0.6) is 5.75 Å². The summed E-state index contributed by atoms with van der Waals surface area (Å²) < 4.78 is 12.6. The van der Waals surface area contributed by atoms with E-state index in [1.54, 1.807) is 7.11 Å². The number of carbonyl (C=O) groups is 1. The topological polar surface area (TPSA) is 40.5 Å². The molecule has 23 heavy (non-hydrogen) atoms. The number of ether oxygens (including phenoxy) is 2. The lowest BCUT2D eigenvalue weighted by Crippen LogP contribution is -2.07. The molecule has 0 N–H and O–H groups in total. The monoisotopic (exact) mass is 309 g/mol. The molecule has 0 aliphatic carbocycles. The van der Waals surface area contributed by atoms with Crippen LogP contribution in [0.15, 0.2) is 54.7 Å². The van der Waals surface area contributed by atoms with Gasteiger partial charge in [-0.1, -0.05) is 30.3 Å². The summed E-state index contributed by atoms with van der Waals surface area (Å²) >= 11 is 0. The van der Waals surface area contributed by atoms with Crippen molar-refractivity contribution in [3.8, 4) is 11.4 Å². The molecule has 0 aliphatic rings. The molecule has 118 valence electrons. The number of benzene rings is 2. The zero-order chi connectivity index (χ0) is 16.2. The van der Waals surface area contributed by atoms with Gasteiger partial charge < -0.3 is 14.0 Å². The van der Waals surface area contributed by atoms with Gasteiger partial charge in [0.25, 0.3) is 0 Å². The molecule has 4 heteroatoms. The lowest BCUT2D eigenvalue weighted by Gasteiger charge is -2.10. The van der Waals surface area contributed by atoms with Crippen molar-refractivity contribution in [2.24, 2.45) is 0 Å². The van der Waals surface area contributed by atoms with Gasteiger partial charge in [-0.2, -0.15) is 0 Å². The Morgan fingerprint density at radius 3 is 2.61 bits per heavy atom. The van der Waals surface area contributed by atoms with Gasteiger partial charge in [0.2, 0.25) is 0 Å². The number of methoxy groups -OCH3 is 1. The number of fused-ring (bicyclic) bond motifs is 1. The van der Waals surface area contributed by atoms with Gasteiger partial charge in [0, 0.05) is 11.6 Å². The van der Waals surface area contributed by atoms with Crippen molar-refractivity contribution < 1.29 is 14.3 Å². The van der Waals surface area contributed by atoms with E-state index in [0.717, 1.165) is 27.9 Å². The number of esters is 1. The van der Waals surface area contributed by atoms with Crippen LogP contribution >= 0.6 is 0 Å². The van der Waals surface area contributed by atoms with Crippen LogP contribution in [0.2, 0.25) is 0 Å². The molecule has 0 atom stereocenters. The summed E-state index contributed by atoms with van der Waals surface area (Å²) in [7, 11) is 1.66. The van der Waals surface area contributed by atoms with Crippen molar-refractivity contribution >= 4 is 16.9 Å². The molecular weight excluding hydrogens is 290 g/mol. The first-order valence-corrected chi connectivity index (χ1v) is 7.62. The van der Waals surface area contributed by atoms with Crippen LogP contribution in [0, 0.1) is 0 Å². The molecule has 3 aromatic rings. The average molecular weight is 309 g/mol. The molecule has 0 fully saturated rings. The standard InChI is InChI=1S/C19H19NO3/c1-3-23-19(21)12-14-13-20(16-9-5-4-8-15(14)16)17-10-6-7-11-18(17)22-2/h4-11,13H,3,12H2,1-2H3. The molecule has 0 amide bonds. The summed E-state index contributed by atoms with van der Waals surface area (Å²) in [6.07, 6.45) is 2.25. The fraction of sp³-hybridized carbons (Fsp3) is 0.211. The summed E-state index contributed by atoms with van der Waals surface area (Å²) in [6, 6.07) is 15.9. The highest BCUT2D eigenvalue weighted by Gasteiger charge is 2.15. The Bertz CT molecular complexity index is 836. The molecule has 0 aliphatic heterocycles. The average Bonchev–Trinajstić information content (AvgIpc) is 2.94. The molecule has 1 aromatic heterocycles. The minimum atomic E-state index is -0.213. The number of nitrogens with zero attached hydrogens (tertiary/aromatic N) is 1. The molecule has 0 saturated carbocycles. The molecule has 0 unspecified atom stereocenters. The van der Waals surface area contributed by atoms with Gasteiger partial charge in [0.15, 0.2) is 0 Å². The molecule has 3 rings (SSSR count). The quantitative estimate of drug-likeness (QED) is 0.674. The molecule has 0 bridgehead atoms. The van der Waals surface area contributed by atoms with E-state index in [1.165, 1.54) is 0 Å². The van der Waals surface area contributed by atoms with Crippen LogP contribution in [-0.2, 0) is 16.0 Å². The van der Waals surface area contributed by atoms with Crippen molar-refractivity contribution in [3.63, 3.8) is 0 Å². The van der Waals surface area contributed by atoms with Crippen LogP contribution in [-0.4, -0.2) is 24.3 Å². The molecule has 0 saturated heterocycles. The van der Waals surface area contributed by atoms with Gasteiger partial charge in [0.1, 0.15) is 5.75 Å². The first kappa shape index (κ1) is 15.2. The van der Waals surface area contributed by atoms with E-state index >= 15 is 0 Å². The highest BCUT2D eigenvalue weighted by molar-refractivity contribution is 5.89. The lowest BCUT2D eigenvalue weighted by atomic mass is 10.1. The summed E-state index contributed by atoms with van der Waals surface area (Å²) in [5, 5.41) is 1.05.